The van der Waals surface area contributed by atoms with Crippen molar-refractivity contribution < 1.29 is 28.2 Å². The Balaban J connectivity index is 2.37. The van der Waals surface area contributed by atoms with E-state index < -0.39 is 18.4 Å². The summed E-state index contributed by atoms with van der Waals surface area (Å²) in [5.41, 5.74) is 0.0255. The average Bonchev–Trinajstić information content (AvgIpc) is 2.83. The van der Waals surface area contributed by atoms with Crippen LogP contribution in [0.3, 0.4) is 0 Å². The summed E-state index contributed by atoms with van der Waals surface area (Å²) in [6, 6.07) is 2.66. The van der Waals surface area contributed by atoms with Gasteiger partial charge in [-0.3, -0.25) is 4.79 Å². The Labute approximate surface area is 102 Å². The van der Waals surface area contributed by atoms with Gasteiger partial charge in [0.25, 0.3) is 5.78 Å². The predicted octanol–water partition coefficient (Wildman–Crippen LogP) is 1.63. The Morgan fingerprint density at radius 2 is 2.00 bits per heavy atom. The van der Waals surface area contributed by atoms with Crippen molar-refractivity contribution in [2.75, 3.05) is 13.4 Å². The minimum atomic E-state index is -1.01. The van der Waals surface area contributed by atoms with Crippen molar-refractivity contribution in [3.8, 4) is 11.5 Å². The number of benzene rings is 1. The van der Waals surface area contributed by atoms with Gasteiger partial charge < -0.3 is 14.2 Å². The maximum absolute atomic E-state index is 12.9. The number of ketones is 1. The fourth-order valence-electron chi connectivity index (χ4n) is 1.61. The minimum Gasteiger partial charge on any atom is -0.460 e. The molecular formula is C12H11FO5. The van der Waals surface area contributed by atoms with E-state index in [0.717, 1.165) is 0 Å². The van der Waals surface area contributed by atoms with Crippen molar-refractivity contribution in [2.24, 2.45) is 0 Å². The Morgan fingerprint density at radius 3 is 2.61 bits per heavy atom. The van der Waals surface area contributed by atoms with E-state index in [-0.39, 0.29) is 24.5 Å². The zero-order valence-corrected chi connectivity index (χ0v) is 9.70. The van der Waals surface area contributed by atoms with Crippen molar-refractivity contribution in [1.29, 1.82) is 0 Å². The highest BCUT2D eigenvalue weighted by molar-refractivity contribution is 6.41. The van der Waals surface area contributed by atoms with Gasteiger partial charge in [0.1, 0.15) is 6.67 Å². The van der Waals surface area contributed by atoms with Gasteiger partial charge in [0.15, 0.2) is 11.5 Å². The minimum absolute atomic E-state index is 0.0120. The highest BCUT2D eigenvalue weighted by Gasteiger charge is 2.25. The molecule has 1 aliphatic rings. The molecular weight excluding hydrogens is 243 g/mol. The van der Waals surface area contributed by atoms with Crippen LogP contribution in [-0.2, 0) is 16.2 Å². The van der Waals surface area contributed by atoms with E-state index >= 15 is 0 Å². The number of carbonyl (C=O) groups excluding carboxylic acids is 2. The van der Waals surface area contributed by atoms with Crippen molar-refractivity contribution in [1.82, 2.24) is 0 Å². The molecule has 0 saturated heterocycles. The highest BCUT2D eigenvalue weighted by Crippen LogP contribution is 2.35. The maximum atomic E-state index is 12.9. The zero-order chi connectivity index (χ0) is 13.1. The van der Waals surface area contributed by atoms with Crippen molar-refractivity contribution in [3.63, 3.8) is 0 Å². The number of fused-ring (bicyclic) bond motifs is 1. The van der Waals surface area contributed by atoms with Crippen molar-refractivity contribution >= 4 is 11.8 Å². The third-order valence-corrected chi connectivity index (χ3v) is 2.45. The van der Waals surface area contributed by atoms with Crippen LogP contribution in [0.1, 0.15) is 22.8 Å². The van der Waals surface area contributed by atoms with Gasteiger partial charge in [-0.1, -0.05) is 0 Å². The van der Waals surface area contributed by atoms with Crippen LogP contribution >= 0.6 is 0 Å². The van der Waals surface area contributed by atoms with Gasteiger partial charge in [-0.2, -0.15) is 0 Å². The van der Waals surface area contributed by atoms with E-state index in [1.54, 1.807) is 6.92 Å². The zero-order valence-electron chi connectivity index (χ0n) is 9.70. The number of carbonyl (C=O) groups is 2. The van der Waals surface area contributed by atoms with Gasteiger partial charge in [0.2, 0.25) is 6.79 Å². The van der Waals surface area contributed by atoms with Crippen LogP contribution < -0.4 is 9.47 Å². The molecule has 18 heavy (non-hydrogen) atoms. The number of rotatable bonds is 4. The van der Waals surface area contributed by atoms with Crippen LogP contribution in [-0.4, -0.2) is 25.2 Å². The second-order valence-corrected chi connectivity index (χ2v) is 3.55. The average molecular weight is 254 g/mol. The Morgan fingerprint density at radius 1 is 1.33 bits per heavy atom. The number of hydrogen-bond acceptors (Lipinski definition) is 5. The summed E-state index contributed by atoms with van der Waals surface area (Å²) in [6.07, 6.45) is 0. The SMILES string of the molecule is CCOC(=O)C(=O)c1cc2c(cc1CF)OCO2. The van der Waals surface area contributed by atoms with Crippen LogP contribution in [0.2, 0.25) is 0 Å². The van der Waals surface area contributed by atoms with Crippen LogP contribution in [0.4, 0.5) is 4.39 Å². The molecule has 0 bridgehead atoms. The molecule has 0 fully saturated rings. The Kier molecular flexibility index (Phi) is 3.45. The first-order chi connectivity index (χ1) is 8.67. The molecule has 0 amide bonds. The van der Waals surface area contributed by atoms with Gasteiger partial charge in [-0.05, 0) is 24.6 Å². The molecule has 0 saturated carbocycles. The smallest absolute Gasteiger partial charge is 0.379 e. The molecule has 0 aliphatic carbocycles. The molecule has 0 unspecified atom stereocenters. The summed E-state index contributed by atoms with van der Waals surface area (Å²) < 4.78 is 27.6. The first kappa shape index (κ1) is 12.3. The third kappa shape index (κ3) is 2.13. The normalized spacial score (nSPS) is 12.3. The molecule has 0 spiro atoms. The summed E-state index contributed by atoms with van der Waals surface area (Å²) >= 11 is 0. The van der Waals surface area contributed by atoms with Gasteiger partial charge in [-0.25, -0.2) is 9.18 Å². The quantitative estimate of drug-likeness (QED) is 0.464. The molecule has 0 radical (unpaired) electrons. The van der Waals surface area contributed by atoms with Crippen LogP contribution in [0.5, 0.6) is 11.5 Å². The number of esters is 1. The second kappa shape index (κ2) is 5.03. The number of halogens is 1. The molecule has 0 aromatic heterocycles. The summed E-state index contributed by atoms with van der Waals surface area (Å²) in [5, 5.41) is 0. The fraction of sp³-hybridized carbons (Fsp3) is 0.333. The molecule has 0 atom stereocenters. The lowest BCUT2D eigenvalue weighted by Crippen LogP contribution is -2.18. The van der Waals surface area contributed by atoms with Gasteiger partial charge >= 0.3 is 5.97 Å². The van der Waals surface area contributed by atoms with Gasteiger partial charge in [-0.15, -0.1) is 0 Å². The lowest BCUT2D eigenvalue weighted by molar-refractivity contribution is -0.137. The molecule has 96 valence electrons. The van der Waals surface area contributed by atoms with E-state index in [9.17, 15) is 14.0 Å². The standard InChI is InChI=1S/C12H11FO5/c1-2-16-12(15)11(14)8-4-10-9(17-6-18-10)3-7(8)5-13/h3-4H,2,5-6H2,1H3. The molecule has 2 rings (SSSR count). The van der Waals surface area contributed by atoms with Crippen molar-refractivity contribution in [3.05, 3.63) is 23.3 Å². The number of Topliss-reactive ketones (excluding diaryl/α,β-unsaturated/α-hetero) is 1. The van der Waals surface area contributed by atoms with E-state index in [1.165, 1.54) is 12.1 Å². The fourth-order valence-corrected chi connectivity index (χ4v) is 1.61. The first-order valence-corrected chi connectivity index (χ1v) is 5.37. The van der Waals surface area contributed by atoms with Crippen LogP contribution in [0, 0.1) is 0 Å². The summed E-state index contributed by atoms with van der Waals surface area (Å²) in [7, 11) is 0. The van der Waals surface area contributed by atoms with Crippen LogP contribution in [0.25, 0.3) is 0 Å². The highest BCUT2D eigenvalue weighted by atomic mass is 19.1. The third-order valence-electron chi connectivity index (χ3n) is 2.45. The van der Waals surface area contributed by atoms with E-state index in [1.807, 2.05) is 0 Å². The largest absolute Gasteiger partial charge is 0.460 e. The Bertz CT molecular complexity index is 497. The molecule has 5 nitrogen and oxygen atoms in total. The van der Waals surface area contributed by atoms with E-state index in [4.69, 9.17) is 9.47 Å². The second-order valence-electron chi connectivity index (χ2n) is 3.55. The van der Waals surface area contributed by atoms with Gasteiger partial charge in [0.05, 0.1) is 6.61 Å². The predicted molar refractivity (Wildman–Crippen MR) is 58.3 cm³/mol. The van der Waals surface area contributed by atoms with Gasteiger partial charge in [0, 0.05) is 5.56 Å². The monoisotopic (exact) mass is 254 g/mol. The number of ether oxygens (including phenoxy) is 3. The summed E-state index contributed by atoms with van der Waals surface area (Å²) in [6.45, 7) is 0.802. The molecule has 1 aromatic rings. The number of alkyl halides is 1. The lowest BCUT2D eigenvalue weighted by atomic mass is 10.0. The van der Waals surface area contributed by atoms with Crippen LogP contribution in [0.15, 0.2) is 12.1 Å². The topological polar surface area (TPSA) is 61.8 Å². The van der Waals surface area contributed by atoms with Crippen molar-refractivity contribution in [2.45, 2.75) is 13.6 Å². The van der Waals surface area contributed by atoms with E-state index in [0.29, 0.717) is 11.5 Å². The maximum Gasteiger partial charge on any atom is 0.379 e. The lowest BCUT2D eigenvalue weighted by Gasteiger charge is -2.07. The molecule has 1 aromatic carbocycles. The molecule has 1 heterocycles. The van der Waals surface area contributed by atoms with E-state index in [2.05, 4.69) is 4.74 Å². The summed E-state index contributed by atoms with van der Waals surface area (Å²) in [4.78, 5) is 23.1. The molecule has 0 N–H and O–H groups in total. The molecule has 6 heteroatoms. The Hall–Kier alpha value is -2.11. The summed E-state index contributed by atoms with van der Waals surface area (Å²) in [5.74, 6) is -1.21. The molecule has 1 aliphatic heterocycles. The first-order valence-electron chi connectivity index (χ1n) is 5.37. The number of hydrogen-bond donors (Lipinski definition) is 0.